The maximum absolute atomic E-state index is 11.3. The van der Waals surface area contributed by atoms with Crippen LogP contribution in [0.1, 0.15) is 27.7 Å². The highest BCUT2D eigenvalue weighted by Crippen LogP contribution is 2.14. The van der Waals surface area contributed by atoms with Crippen LogP contribution in [-0.4, -0.2) is 32.2 Å². The molecule has 2 amide bonds. The van der Waals surface area contributed by atoms with Gasteiger partial charge in [-0.25, -0.2) is 4.79 Å². The summed E-state index contributed by atoms with van der Waals surface area (Å²) in [5, 5.41) is 5.35. The summed E-state index contributed by atoms with van der Waals surface area (Å²) >= 11 is 0. The first kappa shape index (κ1) is 14.7. The zero-order valence-electron chi connectivity index (χ0n) is 10.7. The van der Waals surface area contributed by atoms with Gasteiger partial charge in [0.05, 0.1) is 12.5 Å². The summed E-state index contributed by atoms with van der Waals surface area (Å²) in [6.07, 6.45) is 0. The lowest BCUT2D eigenvalue weighted by Crippen LogP contribution is -2.44. The van der Waals surface area contributed by atoms with E-state index in [1.807, 2.05) is 13.8 Å². The van der Waals surface area contributed by atoms with Gasteiger partial charge in [0.2, 0.25) is 0 Å². The summed E-state index contributed by atoms with van der Waals surface area (Å²) < 4.78 is 4.63. The number of methoxy groups -OCH3 is 1. The lowest BCUT2D eigenvalue weighted by atomic mass is 9.94. The Morgan fingerprint density at radius 3 is 2.25 bits per heavy atom. The Labute approximate surface area is 96.9 Å². The van der Waals surface area contributed by atoms with Crippen molar-refractivity contribution in [3.8, 4) is 0 Å². The molecule has 16 heavy (non-hydrogen) atoms. The molecule has 0 bridgehead atoms. The van der Waals surface area contributed by atoms with Crippen molar-refractivity contribution < 1.29 is 14.3 Å². The zero-order chi connectivity index (χ0) is 12.8. The van der Waals surface area contributed by atoms with Crippen molar-refractivity contribution in [1.82, 2.24) is 10.6 Å². The first-order valence-electron chi connectivity index (χ1n) is 5.39. The first-order valence-corrected chi connectivity index (χ1v) is 5.39. The quantitative estimate of drug-likeness (QED) is 0.696. The van der Waals surface area contributed by atoms with Gasteiger partial charge in [-0.2, -0.15) is 0 Å². The molecule has 5 nitrogen and oxygen atoms in total. The number of esters is 1. The fourth-order valence-corrected chi connectivity index (χ4v) is 1.01. The third-order valence-corrected chi connectivity index (χ3v) is 2.10. The number of carbonyl (C=O) groups excluding carboxylic acids is 2. The van der Waals surface area contributed by atoms with E-state index in [9.17, 15) is 9.59 Å². The van der Waals surface area contributed by atoms with Crippen LogP contribution >= 0.6 is 0 Å². The van der Waals surface area contributed by atoms with Crippen LogP contribution in [0.25, 0.3) is 0 Å². The van der Waals surface area contributed by atoms with Gasteiger partial charge in [0, 0.05) is 13.1 Å². The maximum atomic E-state index is 11.3. The molecule has 2 N–H and O–H groups in total. The van der Waals surface area contributed by atoms with E-state index in [2.05, 4.69) is 15.4 Å². The molecule has 94 valence electrons. The number of amides is 2. The van der Waals surface area contributed by atoms with Crippen LogP contribution in [0.2, 0.25) is 0 Å². The van der Waals surface area contributed by atoms with Gasteiger partial charge in [-0.3, -0.25) is 4.79 Å². The third kappa shape index (κ3) is 5.58. The molecule has 0 saturated carbocycles. The van der Waals surface area contributed by atoms with Crippen LogP contribution in [-0.2, 0) is 9.53 Å². The Balaban J connectivity index is 3.95. The Bertz CT molecular complexity index is 250. The Hall–Kier alpha value is -1.26. The molecular formula is C11H22N2O3. The van der Waals surface area contributed by atoms with Crippen molar-refractivity contribution in [1.29, 1.82) is 0 Å². The van der Waals surface area contributed by atoms with Crippen LogP contribution in [0, 0.1) is 11.3 Å². The summed E-state index contributed by atoms with van der Waals surface area (Å²) in [6, 6.07) is -0.259. The highest BCUT2D eigenvalue weighted by Gasteiger charge is 2.28. The monoisotopic (exact) mass is 230 g/mol. The summed E-state index contributed by atoms with van der Waals surface area (Å²) in [4.78, 5) is 22.6. The molecule has 0 rings (SSSR count). The number of nitrogens with one attached hydrogen (secondary N) is 2. The molecule has 0 aliphatic rings. The predicted molar refractivity (Wildman–Crippen MR) is 62.0 cm³/mol. The first-order chi connectivity index (χ1) is 7.29. The molecule has 0 aliphatic heterocycles. The van der Waals surface area contributed by atoms with Crippen LogP contribution in [0.5, 0.6) is 0 Å². The summed E-state index contributed by atoms with van der Waals surface area (Å²) in [5.41, 5.74) is -0.704. The second-order valence-electron chi connectivity index (χ2n) is 4.83. The molecule has 0 heterocycles. The van der Waals surface area contributed by atoms with Crippen LogP contribution in [0.3, 0.4) is 0 Å². The molecule has 0 atom stereocenters. The number of hydrogen-bond acceptors (Lipinski definition) is 3. The van der Waals surface area contributed by atoms with Crippen molar-refractivity contribution in [3.05, 3.63) is 0 Å². The largest absolute Gasteiger partial charge is 0.469 e. The van der Waals surface area contributed by atoms with Gasteiger partial charge in [-0.1, -0.05) is 13.8 Å². The molecule has 0 radical (unpaired) electrons. The standard InChI is InChI=1S/C11H22N2O3/c1-8(2)6-12-10(15)13-7-11(3,4)9(14)16-5/h8H,6-7H2,1-5H3,(H2,12,13,15). The number of ether oxygens (including phenoxy) is 1. The molecule has 0 aromatic rings. The van der Waals surface area contributed by atoms with E-state index in [1.165, 1.54) is 7.11 Å². The third-order valence-electron chi connectivity index (χ3n) is 2.10. The SMILES string of the molecule is COC(=O)C(C)(C)CNC(=O)NCC(C)C. The Morgan fingerprint density at radius 1 is 1.25 bits per heavy atom. The highest BCUT2D eigenvalue weighted by molar-refractivity contribution is 5.78. The predicted octanol–water partition coefficient (Wildman–Crippen LogP) is 1.14. The van der Waals surface area contributed by atoms with Crippen LogP contribution < -0.4 is 10.6 Å². The second kappa shape index (κ2) is 6.35. The molecule has 0 aromatic carbocycles. The zero-order valence-corrected chi connectivity index (χ0v) is 10.7. The maximum Gasteiger partial charge on any atom is 0.314 e. The van der Waals surface area contributed by atoms with Crippen LogP contribution in [0.4, 0.5) is 4.79 Å². The number of rotatable bonds is 5. The molecule has 0 saturated heterocycles. The molecule has 0 fully saturated rings. The molecular weight excluding hydrogens is 208 g/mol. The van der Waals surface area contributed by atoms with E-state index in [4.69, 9.17) is 0 Å². The van der Waals surface area contributed by atoms with Gasteiger partial charge < -0.3 is 15.4 Å². The van der Waals surface area contributed by atoms with Gasteiger partial charge in [0.15, 0.2) is 0 Å². The lowest BCUT2D eigenvalue weighted by molar-refractivity contribution is -0.150. The van der Waals surface area contributed by atoms with E-state index < -0.39 is 5.41 Å². The summed E-state index contributed by atoms with van der Waals surface area (Å²) in [7, 11) is 1.34. The fraction of sp³-hybridized carbons (Fsp3) is 0.818. The number of carbonyl (C=O) groups is 2. The Morgan fingerprint density at radius 2 is 1.81 bits per heavy atom. The van der Waals surface area contributed by atoms with Gasteiger partial charge in [0.25, 0.3) is 0 Å². The molecule has 0 aromatic heterocycles. The van der Waals surface area contributed by atoms with E-state index in [-0.39, 0.29) is 18.5 Å². The van der Waals surface area contributed by atoms with Gasteiger partial charge in [-0.05, 0) is 19.8 Å². The summed E-state index contributed by atoms with van der Waals surface area (Å²) in [5.74, 6) is 0.0658. The van der Waals surface area contributed by atoms with Crippen LogP contribution in [0.15, 0.2) is 0 Å². The molecule has 5 heteroatoms. The number of urea groups is 1. The van der Waals surface area contributed by atoms with Crippen molar-refractivity contribution in [2.45, 2.75) is 27.7 Å². The normalized spacial score (nSPS) is 11.1. The van der Waals surface area contributed by atoms with E-state index >= 15 is 0 Å². The second-order valence-corrected chi connectivity index (χ2v) is 4.83. The highest BCUT2D eigenvalue weighted by atomic mass is 16.5. The minimum Gasteiger partial charge on any atom is -0.469 e. The fourth-order valence-electron chi connectivity index (χ4n) is 1.01. The van der Waals surface area contributed by atoms with Gasteiger partial charge in [0.1, 0.15) is 0 Å². The minimum absolute atomic E-state index is 0.254. The molecule has 0 spiro atoms. The minimum atomic E-state index is -0.704. The average Bonchev–Trinajstić information content (AvgIpc) is 2.22. The van der Waals surface area contributed by atoms with E-state index in [0.29, 0.717) is 12.5 Å². The topological polar surface area (TPSA) is 67.4 Å². The lowest BCUT2D eigenvalue weighted by Gasteiger charge is -2.21. The van der Waals surface area contributed by atoms with Crippen molar-refractivity contribution in [2.75, 3.05) is 20.2 Å². The average molecular weight is 230 g/mol. The Kier molecular flexibility index (Phi) is 5.85. The van der Waals surface area contributed by atoms with Gasteiger partial charge in [-0.15, -0.1) is 0 Å². The number of hydrogen-bond donors (Lipinski definition) is 2. The molecule has 0 aliphatic carbocycles. The van der Waals surface area contributed by atoms with E-state index in [0.717, 1.165) is 0 Å². The van der Waals surface area contributed by atoms with Crippen molar-refractivity contribution >= 4 is 12.0 Å². The van der Waals surface area contributed by atoms with E-state index in [1.54, 1.807) is 13.8 Å². The van der Waals surface area contributed by atoms with Crippen molar-refractivity contribution in [2.24, 2.45) is 11.3 Å². The summed E-state index contributed by atoms with van der Waals surface area (Å²) in [6.45, 7) is 8.34. The van der Waals surface area contributed by atoms with Gasteiger partial charge >= 0.3 is 12.0 Å². The van der Waals surface area contributed by atoms with Crippen molar-refractivity contribution in [3.63, 3.8) is 0 Å². The molecule has 0 unspecified atom stereocenters. The smallest absolute Gasteiger partial charge is 0.314 e.